The van der Waals surface area contributed by atoms with Crippen molar-refractivity contribution in [2.24, 2.45) is 10.4 Å². The molecule has 0 amide bonds. The highest BCUT2D eigenvalue weighted by Crippen LogP contribution is 2.45. The SMILES string of the molecule is CC1(COc2c(N3CCN(S(=O)(=O)Cc4ccnc(N=C(c5ccccc5)c5ccccc5)c4)CC3)cnn(-c3cccc(Cl)c3)c2=O)CC1. The van der Waals surface area contributed by atoms with Crippen molar-refractivity contribution in [2.75, 3.05) is 37.7 Å². The molecule has 50 heavy (non-hydrogen) atoms. The van der Waals surface area contributed by atoms with Gasteiger partial charge in [-0.25, -0.2) is 18.4 Å². The molecular formula is C38H37ClN6O4S. The summed E-state index contributed by atoms with van der Waals surface area (Å²) in [6, 6.07) is 30.1. The molecule has 1 aliphatic carbocycles. The van der Waals surface area contributed by atoms with Crippen LogP contribution in [-0.2, 0) is 15.8 Å². The highest BCUT2D eigenvalue weighted by atomic mass is 35.5. The van der Waals surface area contributed by atoms with Gasteiger partial charge in [0.2, 0.25) is 15.8 Å². The number of piperazine rings is 1. The Morgan fingerprint density at radius 2 is 1.58 bits per heavy atom. The highest BCUT2D eigenvalue weighted by molar-refractivity contribution is 7.88. The van der Waals surface area contributed by atoms with Crippen molar-refractivity contribution in [3.63, 3.8) is 0 Å². The lowest BCUT2D eigenvalue weighted by molar-refractivity contribution is 0.242. The van der Waals surface area contributed by atoms with Crippen molar-refractivity contribution < 1.29 is 13.2 Å². The summed E-state index contributed by atoms with van der Waals surface area (Å²) in [6.45, 7) is 3.80. The Kier molecular flexibility index (Phi) is 9.54. The van der Waals surface area contributed by atoms with E-state index in [0.717, 1.165) is 29.7 Å². The number of pyridine rings is 1. The molecule has 0 N–H and O–H groups in total. The molecule has 1 saturated carbocycles. The van der Waals surface area contributed by atoms with Gasteiger partial charge in [0, 0.05) is 53.9 Å². The number of ether oxygens (including phenoxy) is 1. The Balaban J connectivity index is 1.08. The van der Waals surface area contributed by atoms with Crippen LogP contribution in [0, 0.1) is 5.41 Å². The number of halogens is 1. The summed E-state index contributed by atoms with van der Waals surface area (Å²) in [6.07, 6.45) is 5.30. The highest BCUT2D eigenvalue weighted by Gasteiger charge is 2.39. The standard InChI is InChI=1S/C38H37ClN6O4S/c1-38(16-17-38)27-49-36-33(25-41-45(37(36)46)32-14-8-13-31(39)24-32)43-19-21-44(22-20-43)50(47,48)26-28-15-18-40-34(23-28)42-35(29-9-4-2-5-10-29)30-11-6-3-7-12-30/h2-15,18,23-25H,16-17,19-22,26-27H2,1H3. The first kappa shape index (κ1) is 33.6. The molecule has 0 unspecified atom stereocenters. The number of hydrogen-bond donors (Lipinski definition) is 0. The van der Waals surface area contributed by atoms with Gasteiger partial charge in [0.25, 0.3) is 0 Å². The predicted octanol–water partition coefficient (Wildman–Crippen LogP) is 6.28. The summed E-state index contributed by atoms with van der Waals surface area (Å²) in [4.78, 5) is 25.0. The summed E-state index contributed by atoms with van der Waals surface area (Å²) < 4.78 is 36.4. The van der Waals surface area contributed by atoms with Gasteiger partial charge in [0.1, 0.15) is 5.69 Å². The van der Waals surface area contributed by atoms with Crippen molar-refractivity contribution in [1.29, 1.82) is 0 Å². The van der Waals surface area contributed by atoms with Crippen LogP contribution in [0.25, 0.3) is 5.69 Å². The summed E-state index contributed by atoms with van der Waals surface area (Å²) in [5.74, 6) is 0.450. The Morgan fingerprint density at radius 1 is 0.900 bits per heavy atom. The normalized spacial score (nSPS) is 15.8. The van der Waals surface area contributed by atoms with E-state index in [-0.39, 0.29) is 35.6 Å². The van der Waals surface area contributed by atoms with Gasteiger partial charge in [-0.2, -0.15) is 14.1 Å². The van der Waals surface area contributed by atoms with Crippen LogP contribution in [-0.4, -0.2) is 66.0 Å². The lowest BCUT2D eigenvalue weighted by Crippen LogP contribution is -2.49. The molecule has 256 valence electrons. The van der Waals surface area contributed by atoms with E-state index in [4.69, 9.17) is 21.3 Å². The molecule has 10 nitrogen and oxygen atoms in total. The van der Waals surface area contributed by atoms with E-state index in [1.807, 2.05) is 65.6 Å². The first-order valence-corrected chi connectivity index (χ1v) is 18.5. The van der Waals surface area contributed by atoms with Crippen molar-refractivity contribution in [3.8, 4) is 11.4 Å². The van der Waals surface area contributed by atoms with Crippen LogP contribution in [0.2, 0.25) is 5.02 Å². The van der Waals surface area contributed by atoms with Crippen molar-refractivity contribution >= 4 is 38.8 Å². The van der Waals surface area contributed by atoms with E-state index < -0.39 is 10.0 Å². The Bertz CT molecular complexity index is 2140. The predicted molar refractivity (Wildman–Crippen MR) is 197 cm³/mol. The van der Waals surface area contributed by atoms with Gasteiger partial charge in [-0.1, -0.05) is 85.3 Å². The number of aliphatic imine (C=N–C) groups is 1. The molecular weight excluding hydrogens is 672 g/mol. The molecule has 3 aromatic carbocycles. The lowest BCUT2D eigenvalue weighted by Gasteiger charge is -2.35. The molecule has 7 rings (SSSR count). The molecule has 5 aromatic rings. The molecule has 1 saturated heterocycles. The molecule has 2 aromatic heterocycles. The van der Waals surface area contributed by atoms with Gasteiger partial charge in [-0.05, 0) is 48.7 Å². The number of sulfonamides is 1. The third kappa shape index (κ3) is 7.65. The fraction of sp³-hybridized carbons (Fsp3) is 0.263. The van der Waals surface area contributed by atoms with Crippen LogP contribution >= 0.6 is 11.6 Å². The minimum atomic E-state index is -3.67. The van der Waals surface area contributed by atoms with Crippen LogP contribution in [0.1, 0.15) is 36.5 Å². The average molecular weight is 709 g/mol. The molecule has 2 aliphatic rings. The largest absolute Gasteiger partial charge is 0.486 e. The van der Waals surface area contributed by atoms with E-state index in [2.05, 4.69) is 17.0 Å². The minimum Gasteiger partial charge on any atom is -0.486 e. The van der Waals surface area contributed by atoms with Crippen LogP contribution in [0.4, 0.5) is 11.5 Å². The molecule has 0 radical (unpaired) electrons. The van der Waals surface area contributed by atoms with Crippen LogP contribution in [0.15, 0.2) is 119 Å². The first-order valence-electron chi connectivity index (χ1n) is 16.6. The summed E-state index contributed by atoms with van der Waals surface area (Å²) in [5, 5.41) is 4.94. The fourth-order valence-electron chi connectivity index (χ4n) is 5.91. The molecule has 0 atom stereocenters. The zero-order valence-corrected chi connectivity index (χ0v) is 29.2. The quantitative estimate of drug-likeness (QED) is 0.149. The number of benzene rings is 3. The fourth-order valence-corrected chi connectivity index (χ4v) is 7.60. The second-order valence-electron chi connectivity index (χ2n) is 13.0. The van der Waals surface area contributed by atoms with E-state index in [0.29, 0.717) is 47.5 Å². The van der Waals surface area contributed by atoms with E-state index in [9.17, 15) is 13.2 Å². The summed E-state index contributed by atoms with van der Waals surface area (Å²) >= 11 is 6.20. The van der Waals surface area contributed by atoms with Crippen LogP contribution < -0.4 is 15.2 Å². The van der Waals surface area contributed by atoms with Gasteiger partial charge >= 0.3 is 5.56 Å². The molecule has 1 aliphatic heterocycles. The lowest BCUT2D eigenvalue weighted by atomic mass is 10.0. The topological polar surface area (TPSA) is 110 Å². The zero-order chi connectivity index (χ0) is 34.7. The van der Waals surface area contributed by atoms with E-state index in [1.165, 1.54) is 8.99 Å². The van der Waals surface area contributed by atoms with Crippen LogP contribution in [0.5, 0.6) is 5.75 Å². The van der Waals surface area contributed by atoms with Crippen molar-refractivity contribution in [2.45, 2.75) is 25.5 Å². The zero-order valence-electron chi connectivity index (χ0n) is 27.7. The monoisotopic (exact) mass is 708 g/mol. The second kappa shape index (κ2) is 14.2. The van der Waals surface area contributed by atoms with Gasteiger partial charge in [-0.3, -0.25) is 4.79 Å². The van der Waals surface area contributed by atoms with Gasteiger partial charge in [0.05, 0.1) is 30.0 Å². The molecule has 0 bridgehead atoms. The number of hydrogen-bond acceptors (Lipinski definition) is 8. The van der Waals surface area contributed by atoms with Crippen molar-refractivity contribution in [1.82, 2.24) is 19.1 Å². The number of anilines is 1. The molecule has 3 heterocycles. The average Bonchev–Trinajstić information content (AvgIpc) is 3.87. The number of rotatable bonds is 11. The van der Waals surface area contributed by atoms with E-state index in [1.54, 1.807) is 48.8 Å². The second-order valence-corrected chi connectivity index (χ2v) is 15.4. The Labute approximate surface area is 296 Å². The minimum absolute atomic E-state index is 0.0451. The first-order chi connectivity index (χ1) is 24.2. The number of aromatic nitrogens is 3. The summed E-state index contributed by atoms with van der Waals surface area (Å²) in [7, 11) is -3.67. The maximum Gasteiger partial charge on any atom is 0.316 e. The maximum absolute atomic E-state index is 13.7. The molecule has 2 fully saturated rings. The Morgan fingerprint density at radius 3 is 2.22 bits per heavy atom. The van der Waals surface area contributed by atoms with Crippen molar-refractivity contribution in [3.05, 3.63) is 142 Å². The molecule has 12 heteroatoms. The maximum atomic E-state index is 13.7. The van der Waals surface area contributed by atoms with E-state index >= 15 is 0 Å². The van der Waals surface area contributed by atoms with Crippen LogP contribution in [0.3, 0.4) is 0 Å². The van der Waals surface area contributed by atoms with Gasteiger partial charge in [-0.15, -0.1) is 0 Å². The third-order valence-electron chi connectivity index (χ3n) is 9.09. The number of nitrogens with zero attached hydrogens (tertiary/aromatic N) is 6. The Hall–Kier alpha value is -4.84. The van der Waals surface area contributed by atoms with Gasteiger partial charge < -0.3 is 9.64 Å². The summed E-state index contributed by atoms with van der Waals surface area (Å²) in [5.41, 5.74) is 3.96. The van der Waals surface area contributed by atoms with Gasteiger partial charge in [0.15, 0.2) is 5.82 Å². The smallest absolute Gasteiger partial charge is 0.316 e. The molecule has 0 spiro atoms. The third-order valence-corrected chi connectivity index (χ3v) is 11.2.